The number of hydrogen-bond donors (Lipinski definition) is 3. The zero-order chi connectivity index (χ0) is 60.0. The molecule has 9 atom stereocenters. The predicted octanol–water partition coefficient (Wildman–Crippen LogP) is 9.28. The van der Waals surface area contributed by atoms with Gasteiger partial charge in [-0.1, -0.05) is 0 Å². The van der Waals surface area contributed by atoms with Gasteiger partial charge in [-0.05, 0) is 108 Å². The van der Waals surface area contributed by atoms with Gasteiger partial charge in [0.25, 0.3) is 0 Å². The molecule has 23 nitrogen and oxygen atoms in total. The number of rotatable bonds is 15. The Balaban J connectivity index is 0.000000174. The fourth-order valence-electron chi connectivity index (χ4n) is 13.3. The molecule has 6 aromatic heterocycles. The van der Waals surface area contributed by atoms with Crippen LogP contribution in [0.2, 0.25) is 0 Å². The molecule has 9 unspecified atom stereocenters. The largest absolute Gasteiger partial charge is 0.497 e. The number of nitrogens with one attached hydrogen (secondary N) is 1. The van der Waals surface area contributed by atoms with Crippen LogP contribution in [0.25, 0.3) is 33.1 Å². The first-order valence-electron chi connectivity index (χ1n) is 30.1. The maximum atomic E-state index is 15.1. The van der Waals surface area contributed by atoms with E-state index in [1.165, 1.54) is 36.9 Å². The molecule has 4 N–H and O–H groups in total. The van der Waals surface area contributed by atoms with E-state index in [4.69, 9.17) is 54.3 Å². The summed E-state index contributed by atoms with van der Waals surface area (Å²) >= 11 is 0. The summed E-state index contributed by atoms with van der Waals surface area (Å²) in [4.78, 5) is 23.2. The molecule has 5 aliphatic rings. The third-order valence-electron chi connectivity index (χ3n) is 18.0. The second-order valence-electron chi connectivity index (χ2n) is 23.5. The van der Waals surface area contributed by atoms with Gasteiger partial charge in [0.15, 0.2) is 52.4 Å². The lowest BCUT2D eigenvalue weighted by Gasteiger charge is -2.38. The molecule has 3 aromatic carbocycles. The number of nitrogens with zero attached hydrogens (tertiary/aromatic N) is 14. The van der Waals surface area contributed by atoms with Crippen LogP contribution in [-0.4, -0.2) is 149 Å². The van der Waals surface area contributed by atoms with Crippen molar-refractivity contribution in [1.82, 2.24) is 58.7 Å². The Morgan fingerprint density at radius 3 is 2.07 bits per heavy atom. The smallest absolute Gasteiger partial charge is 0.226 e. The topological polar surface area (TPSA) is 242 Å². The molecule has 9 aromatic rings. The van der Waals surface area contributed by atoms with Gasteiger partial charge in [0, 0.05) is 97.6 Å². The van der Waals surface area contributed by atoms with Gasteiger partial charge in [-0.15, -0.1) is 10.2 Å². The Morgan fingerprint density at radius 2 is 1.36 bits per heavy atom. The first kappa shape index (κ1) is 57.8. The van der Waals surface area contributed by atoms with E-state index in [2.05, 4.69) is 48.2 Å². The monoisotopic (exact) mass is 1200 g/mol. The SMILES string of the molecule is COc1cc2nc(N)n3nc(C4CC(F)CN(c5cnn(C6CCCC6O)c5)C4)nc3c2cc1F.COc1ccc(CNc2nc3cc(OC)c(F)cc3c3nc(C4CCC(C)N(c5cnn(C6CCCC6OC6CCCCO6)c5)C4)nn23)c(OC)c1. The summed E-state index contributed by atoms with van der Waals surface area (Å²) in [5.41, 5.74) is 10.8. The van der Waals surface area contributed by atoms with Crippen LogP contribution < -0.4 is 39.8 Å². The van der Waals surface area contributed by atoms with Gasteiger partial charge in [0.2, 0.25) is 11.9 Å². The molecule has 0 radical (unpaired) electrons. The Labute approximate surface area is 499 Å². The third-order valence-corrected chi connectivity index (χ3v) is 18.0. The number of aromatic nitrogens is 12. The third kappa shape index (κ3) is 11.5. The molecule has 9 heterocycles. The zero-order valence-corrected chi connectivity index (χ0v) is 49.4. The molecular weight excluding hydrogens is 1130 g/mol. The molecule has 2 aliphatic carbocycles. The van der Waals surface area contributed by atoms with Crippen LogP contribution in [0.5, 0.6) is 23.0 Å². The Bertz CT molecular complexity index is 3930. The molecule has 3 aliphatic heterocycles. The van der Waals surface area contributed by atoms with Crippen molar-refractivity contribution in [2.75, 3.05) is 75.5 Å². The maximum absolute atomic E-state index is 15.1. The molecule has 87 heavy (non-hydrogen) atoms. The molecule has 460 valence electrons. The highest BCUT2D eigenvalue weighted by atomic mass is 19.1. The molecule has 2 saturated carbocycles. The minimum atomic E-state index is -1.09. The standard InChI is InChI=1S/C38H47FN8O5.C23H26F2N8O2/c1-23-11-12-25(21-45(23)26-20-41-46(22-26)31-8-7-9-32(31)52-35-10-5-6-15-51-35)36-43-37-28-17-29(39)34(50-4)18-30(28)42-38(47(37)44-36)40-19-24-13-14-27(48-2)16-33(24)49-3;1-35-20-7-17-15(6-16(20)25)22-29-21(30-33(22)23(26)28-17)12-5-13(24)10-31(9-12)14-8-27-32(11-14)18-3-2-4-19(18)34/h13-14,16-18,20,22-23,25,31-32,35H,5-12,15,19,21H2,1-4H3,(H,40,42);6-8,11-13,18-19,34H,2-5,9-10H2,1H3,(H2,26,28). The summed E-state index contributed by atoms with van der Waals surface area (Å²) in [7, 11) is 6.07. The average Bonchev–Trinajstić information content (AvgIpc) is 2.08. The number of ether oxygens (including phenoxy) is 6. The fourth-order valence-corrected chi connectivity index (χ4v) is 13.3. The van der Waals surface area contributed by atoms with Crippen molar-refractivity contribution in [2.45, 2.75) is 145 Å². The number of nitrogens with two attached hydrogens (primary N) is 1. The van der Waals surface area contributed by atoms with E-state index in [1.807, 2.05) is 35.5 Å². The van der Waals surface area contributed by atoms with Crippen LogP contribution in [0, 0.1) is 11.6 Å². The summed E-state index contributed by atoms with van der Waals surface area (Å²) in [5, 5.41) is 33.5. The van der Waals surface area contributed by atoms with E-state index >= 15 is 4.39 Å². The highest BCUT2D eigenvalue weighted by Crippen LogP contribution is 2.40. The highest BCUT2D eigenvalue weighted by molar-refractivity contribution is 5.94. The fraction of sp³-hybridized carbons (Fsp3) is 0.508. The molecule has 5 fully saturated rings. The number of alkyl halides is 1. The van der Waals surface area contributed by atoms with Crippen molar-refractivity contribution < 1.29 is 46.7 Å². The summed E-state index contributed by atoms with van der Waals surface area (Å²) in [5.74, 6) is 1.94. The van der Waals surface area contributed by atoms with Gasteiger partial charge in [0.05, 0.1) is 87.5 Å². The average molecular weight is 1200 g/mol. The number of fused-ring (bicyclic) bond motifs is 6. The molecule has 0 spiro atoms. The molecule has 26 heteroatoms. The van der Waals surface area contributed by atoms with E-state index in [1.54, 1.807) is 35.7 Å². The van der Waals surface area contributed by atoms with Crippen molar-refractivity contribution in [3.05, 3.63) is 96.1 Å². The number of halogens is 3. The van der Waals surface area contributed by atoms with Crippen molar-refractivity contribution in [3.63, 3.8) is 0 Å². The number of aliphatic hydroxyl groups is 1. The minimum Gasteiger partial charge on any atom is -0.497 e. The minimum absolute atomic E-state index is 0.0399. The number of aliphatic hydroxyl groups excluding tert-OH is 1. The van der Waals surface area contributed by atoms with Crippen molar-refractivity contribution in [3.8, 4) is 23.0 Å². The molecule has 0 amide bonds. The van der Waals surface area contributed by atoms with Crippen LogP contribution in [-0.2, 0) is 16.0 Å². The van der Waals surface area contributed by atoms with E-state index in [9.17, 15) is 13.9 Å². The second-order valence-corrected chi connectivity index (χ2v) is 23.5. The lowest BCUT2D eigenvalue weighted by atomic mass is 9.92. The van der Waals surface area contributed by atoms with Crippen LogP contribution in [0.15, 0.2) is 67.3 Å². The van der Waals surface area contributed by atoms with E-state index in [0.29, 0.717) is 81.3 Å². The van der Waals surface area contributed by atoms with Gasteiger partial charge in [-0.25, -0.2) is 33.1 Å². The Morgan fingerprint density at radius 1 is 0.678 bits per heavy atom. The van der Waals surface area contributed by atoms with Crippen LogP contribution in [0.1, 0.15) is 125 Å². The van der Waals surface area contributed by atoms with Gasteiger partial charge in [-0.3, -0.25) is 9.36 Å². The van der Waals surface area contributed by atoms with E-state index in [0.717, 1.165) is 101 Å². The number of piperidine rings is 2. The van der Waals surface area contributed by atoms with Crippen LogP contribution in [0.4, 0.5) is 36.4 Å². The quantitative estimate of drug-likeness (QED) is 0.0866. The number of nitrogen functional groups attached to an aromatic ring is 1. The number of benzene rings is 3. The zero-order valence-electron chi connectivity index (χ0n) is 49.4. The highest BCUT2D eigenvalue weighted by Gasteiger charge is 2.37. The molecule has 0 bridgehead atoms. The lowest BCUT2D eigenvalue weighted by molar-refractivity contribution is -0.193. The molecular formula is C61H73F3N16O7. The normalized spacial score (nSPS) is 24.3. The van der Waals surface area contributed by atoms with Gasteiger partial charge >= 0.3 is 0 Å². The van der Waals surface area contributed by atoms with Crippen molar-refractivity contribution in [1.29, 1.82) is 0 Å². The number of hydrogen-bond acceptors (Lipinski definition) is 19. The summed E-state index contributed by atoms with van der Waals surface area (Å²) < 4.78 is 85.0. The maximum Gasteiger partial charge on any atom is 0.226 e. The first-order valence-corrected chi connectivity index (χ1v) is 30.1. The van der Waals surface area contributed by atoms with Crippen molar-refractivity contribution in [2.24, 2.45) is 0 Å². The first-order chi connectivity index (χ1) is 42.3. The van der Waals surface area contributed by atoms with Gasteiger partial charge in [0.1, 0.15) is 17.7 Å². The summed E-state index contributed by atoms with van der Waals surface area (Å²) in [6.07, 6.45) is 17.4. The second kappa shape index (κ2) is 24.5. The van der Waals surface area contributed by atoms with Gasteiger partial charge in [-0.2, -0.15) is 19.2 Å². The van der Waals surface area contributed by atoms with E-state index < -0.39 is 23.9 Å². The summed E-state index contributed by atoms with van der Waals surface area (Å²) in [6.45, 7) is 4.88. The lowest BCUT2D eigenvalue weighted by Crippen LogP contribution is -2.41. The van der Waals surface area contributed by atoms with E-state index in [-0.39, 0.29) is 66.7 Å². The summed E-state index contributed by atoms with van der Waals surface area (Å²) in [6, 6.07) is 11.9. The van der Waals surface area contributed by atoms with Crippen LogP contribution >= 0.6 is 0 Å². The molecule has 3 saturated heterocycles. The van der Waals surface area contributed by atoms with Gasteiger partial charge < -0.3 is 54.4 Å². The molecule has 14 rings (SSSR count). The Hall–Kier alpha value is -8.23. The number of methoxy groups -OCH3 is 4. The van der Waals surface area contributed by atoms with Crippen molar-refractivity contribution >= 4 is 56.4 Å². The van der Waals surface area contributed by atoms with Crippen LogP contribution in [0.3, 0.4) is 0 Å². The Kier molecular flexibility index (Phi) is 16.3. The predicted molar refractivity (Wildman–Crippen MR) is 319 cm³/mol. The number of anilines is 4.